The van der Waals surface area contributed by atoms with Gasteiger partial charge in [0.2, 0.25) is 0 Å². The highest BCUT2D eigenvalue weighted by Crippen LogP contribution is 2.25. The van der Waals surface area contributed by atoms with E-state index in [-0.39, 0.29) is 21.2 Å². The van der Waals surface area contributed by atoms with Crippen LogP contribution in [0.25, 0.3) is 0 Å². The molecule has 33 heavy (non-hydrogen) atoms. The summed E-state index contributed by atoms with van der Waals surface area (Å²) >= 11 is 6.04. The molecule has 0 radical (unpaired) electrons. The number of amides is 2. The Hall–Kier alpha value is -3.63. The minimum Gasteiger partial charge on any atom is -0.378 e. The largest absolute Gasteiger partial charge is 0.378 e. The first-order valence-electron chi connectivity index (χ1n) is 9.53. The summed E-state index contributed by atoms with van der Waals surface area (Å²) in [7, 11) is -0.518. The minimum absolute atomic E-state index is 0.0544. The van der Waals surface area contributed by atoms with Crippen LogP contribution in [0.2, 0.25) is 5.02 Å². The van der Waals surface area contributed by atoms with Crippen molar-refractivity contribution >= 4 is 44.8 Å². The van der Waals surface area contributed by atoms with Crippen LogP contribution in [-0.2, 0) is 10.0 Å². The summed E-state index contributed by atoms with van der Waals surface area (Å²) in [5.41, 5.74) is 5.73. The van der Waals surface area contributed by atoms with E-state index in [4.69, 9.17) is 11.6 Å². The van der Waals surface area contributed by atoms with Gasteiger partial charge in [0.05, 0.1) is 5.02 Å². The first kappa shape index (κ1) is 24.0. The summed E-state index contributed by atoms with van der Waals surface area (Å²) in [4.78, 5) is 26.3. The predicted molar refractivity (Wildman–Crippen MR) is 124 cm³/mol. The van der Waals surface area contributed by atoms with Crippen molar-refractivity contribution in [1.82, 2.24) is 10.9 Å². The van der Waals surface area contributed by atoms with Crippen molar-refractivity contribution in [2.75, 3.05) is 23.7 Å². The molecule has 0 aromatic heterocycles. The normalized spacial score (nSPS) is 10.9. The number of nitrogens with one attached hydrogen (secondary N) is 3. The Morgan fingerprint density at radius 3 is 2.09 bits per heavy atom. The second-order valence-electron chi connectivity index (χ2n) is 7.11. The average molecular weight is 491 g/mol. The van der Waals surface area contributed by atoms with E-state index in [0.29, 0.717) is 5.56 Å². The highest BCUT2D eigenvalue weighted by atomic mass is 35.5. The number of hydrazine groups is 1. The molecule has 0 saturated heterocycles. The number of carbonyl (C=O) groups excluding carboxylic acids is 2. The van der Waals surface area contributed by atoms with E-state index in [1.807, 2.05) is 25.1 Å². The van der Waals surface area contributed by atoms with Gasteiger partial charge in [-0.25, -0.2) is 12.8 Å². The fourth-order valence-electron chi connectivity index (χ4n) is 2.76. The lowest BCUT2D eigenvalue weighted by Crippen LogP contribution is -2.41. The van der Waals surface area contributed by atoms with E-state index < -0.39 is 27.7 Å². The maximum Gasteiger partial charge on any atom is 0.269 e. The Kier molecular flexibility index (Phi) is 7.19. The molecule has 2 amide bonds. The summed E-state index contributed by atoms with van der Waals surface area (Å²) in [5, 5.41) is -0.120. The van der Waals surface area contributed by atoms with E-state index in [2.05, 4.69) is 15.6 Å². The molecule has 0 heterocycles. The molecular formula is C22H20ClFN4O4S. The van der Waals surface area contributed by atoms with Crippen LogP contribution in [0.4, 0.5) is 15.8 Å². The van der Waals surface area contributed by atoms with Gasteiger partial charge in [-0.15, -0.1) is 0 Å². The highest BCUT2D eigenvalue weighted by Gasteiger charge is 2.21. The van der Waals surface area contributed by atoms with E-state index in [1.165, 1.54) is 24.3 Å². The highest BCUT2D eigenvalue weighted by molar-refractivity contribution is 7.92. The molecule has 3 aromatic rings. The Balaban J connectivity index is 1.74. The van der Waals surface area contributed by atoms with Crippen molar-refractivity contribution in [3.05, 3.63) is 88.7 Å². The van der Waals surface area contributed by atoms with Gasteiger partial charge in [0, 0.05) is 36.6 Å². The molecule has 0 saturated carbocycles. The monoisotopic (exact) mass is 490 g/mol. The second-order valence-corrected chi connectivity index (χ2v) is 9.17. The molecule has 3 aromatic carbocycles. The molecule has 0 aliphatic carbocycles. The van der Waals surface area contributed by atoms with Gasteiger partial charge in [-0.3, -0.25) is 25.2 Å². The topological polar surface area (TPSA) is 108 Å². The van der Waals surface area contributed by atoms with Gasteiger partial charge in [0.15, 0.2) is 0 Å². The summed E-state index contributed by atoms with van der Waals surface area (Å²) in [6.07, 6.45) is 0. The lowest BCUT2D eigenvalue weighted by molar-refractivity contribution is 0.0846. The maximum absolute atomic E-state index is 13.1. The van der Waals surface area contributed by atoms with Gasteiger partial charge < -0.3 is 4.90 Å². The van der Waals surface area contributed by atoms with Crippen molar-refractivity contribution in [3.8, 4) is 0 Å². The molecule has 0 aliphatic heterocycles. The summed E-state index contributed by atoms with van der Waals surface area (Å²) in [6.45, 7) is 0. The zero-order valence-electron chi connectivity index (χ0n) is 17.6. The summed E-state index contributed by atoms with van der Waals surface area (Å²) in [6, 6.07) is 15.1. The van der Waals surface area contributed by atoms with E-state index >= 15 is 0 Å². The fraction of sp³-hybridized carbons (Fsp3) is 0.0909. The van der Waals surface area contributed by atoms with Gasteiger partial charge in [0.1, 0.15) is 10.7 Å². The standard InChI is InChI=1S/C22H20ClFN4O4S/c1-28(2)18-5-3-4-14(12-18)21(29)25-26-22(30)15-6-11-19(23)20(13-15)33(31,32)27-17-9-7-16(24)8-10-17/h3-13,27H,1-2H3,(H,25,29)(H,26,30). The number of benzene rings is 3. The second kappa shape index (κ2) is 9.88. The van der Waals surface area contributed by atoms with Crippen molar-refractivity contribution in [2.24, 2.45) is 0 Å². The molecule has 11 heteroatoms. The third-order valence-electron chi connectivity index (χ3n) is 4.49. The third-order valence-corrected chi connectivity index (χ3v) is 6.36. The average Bonchev–Trinajstić information content (AvgIpc) is 2.78. The van der Waals surface area contributed by atoms with Crippen molar-refractivity contribution in [1.29, 1.82) is 0 Å². The van der Waals surface area contributed by atoms with Crippen LogP contribution in [-0.4, -0.2) is 34.3 Å². The van der Waals surface area contributed by atoms with Crippen LogP contribution in [0.15, 0.2) is 71.6 Å². The van der Waals surface area contributed by atoms with E-state index in [0.717, 1.165) is 23.9 Å². The molecule has 0 fully saturated rings. The number of hydrogen-bond acceptors (Lipinski definition) is 5. The molecule has 0 atom stereocenters. The molecule has 0 unspecified atom stereocenters. The lowest BCUT2D eigenvalue weighted by atomic mass is 10.2. The van der Waals surface area contributed by atoms with Gasteiger partial charge in [-0.1, -0.05) is 17.7 Å². The third kappa shape index (κ3) is 5.99. The quantitative estimate of drug-likeness (QED) is 0.459. The SMILES string of the molecule is CN(C)c1cccc(C(=O)NNC(=O)c2ccc(Cl)c(S(=O)(=O)Nc3ccc(F)cc3)c2)c1. The molecule has 3 rings (SSSR count). The number of hydrogen-bond donors (Lipinski definition) is 3. The van der Waals surface area contributed by atoms with Crippen LogP contribution in [0.3, 0.4) is 0 Å². The minimum atomic E-state index is -4.18. The number of nitrogens with zero attached hydrogens (tertiary/aromatic N) is 1. The molecule has 0 aliphatic rings. The van der Waals surface area contributed by atoms with Gasteiger partial charge >= 0.3 is 0 Å². The fourth-order valence-corrected chi connectivity index (χ4v) is 4.35. The Morgan fingerprint density at radius 2 is 1.48 bits per heavy atom. The molecule has 0 bridgehead atoms. The van der Waals surface area contributed by atoms with E-state index in [9.17, 15) is 22.4 Å². The van der Waals surface area contributed by atoms with Crippen molar-refractivity contribution in [3.63, 3.8) is 0 Å². The van der Waals surface area contributed by atoms with Crippen LogP contribution in [0.5, 0.6) is 0 Å². The molecule has 8 nitrogen and oxygen atoms in total. The molecule has 0 spiro atoms. The van der Waals surface area contributed by atoms with Crippen molar-refractivity contribution in [2.45, 2.75) is 4.90 Å². The number of halogens is 2. The van der Waals surface area contributed by atoms with Gasteiger partial charge in [-0.05, 0) is 60.7 Å². The van der Waals surface area contributed by atoms with E-state index in [1.54, 1.807) is 18.2 Å². The summed E-state index contributed by atoms with van der Waals surface area (Å²) in [5.74, 6) is -1.82. The zero-order valence-corrected chi connectivity index (χ0v) is 19.2. The van der Waals surface area contributed by atoms with Crippen molar-refractivity contribution < 1.29 is 22.4 Å². The first-order valence-corrected chi connectivity index (χ1v) is 11.4. The van der Waals surface area contributed by atoms with Gasteiger partial charge in [0.25, 0.3) is 21.8 Å². The van der Waals surface area contributed by atoms with Crippen LogP contribution in [0, 0.1) is 5.82 Å². The lowest BCUT2D eigenvalue weighted by Gasteiger charge is -2.14. The van der Waals surface area contributed by atoms with Gasteiger partial charge in [-0.2, -0.15) is 0 Å². The van der Waals surface area contributed by atoms with Crippen LogP contribution >= 0.6 is 11.6 Å². The maximum atomic E-state index is 13.1. The Morgan fingerprint density at radius 1 is 0.879 bits per heavy atom. The number of anilines is 2. The predicted octanol–water partition coefficient (Wildman–Crippen LogP) is 3.42. The zero-order chi connectivity index (χ0) is 24.2. The number of sulfonamides is 1. The number of carbonyl (C=O) groups is 2. The summed E-state index contributed by atoms with van der Waals surface area (Å²) < 4.78 is 40.8. The Bertz CT molecular complexity index is 1300. The number of rotatable bonds is 6. The first-order chi connectivity index (χ1) is 15.6. The molecule has 172 valence electrons. The van der Waals surface area contributed by atoms with Crippen LogP contribution < -0.4 is 20.5 Å². The molecule has 3 N–H and O–H groups in total. The Labute approximate surface area is 195 Å². The molecular weight excluding hydrogens is 471 g/mol. The van der Waals surface area contributed by atoms with Crippen LogP contribution in [0.1, 0.15) is 20.7 Å². The smallest absolute Gasteiger partial charge is 0.269 e.